The number of nitrogens with zero attached hydrogens (tertiary/aromatic N) is 1. The lowest BCUT2D eigenvalue weighted by Crippen LogP contribution is -2.59. The summed E-state index contributed by atoms with van der Waals surface area (Å²) < 4.78 is 5.26. The topological polar surface area (TPSA) is 108 Å². The number of hydrogen-bond acceptors (Lipinski definition) is 5. The van der Waals surface area contributed by atoms with Gasteiger partial charge in [0.25, 0.3) is 0 Å². The molecule has 2 atom stereocenters. The zero-order valence-electron chi connectivity index (χ0n) is 22.2. The van der Waals surface area contributed by atoms with Crippen LogP contribution < -0.4 is 10.6 Å². The van der Waals surface area contributed by atoms with Gasteiger partial charge < -0.3 is 25.4 Å². The van der Waals surface area contributed by atoms with Gasteiger partial charge in [-0.1, -0.05) is 37.1 Å². The zero-order valence-corrected chi connectivity index (χ0v) is 22.2. The maximum atomic E-state index is 13.8. The van der Waals surface area contributed by atoms with Crippen LogP contribution >= 0.6 is 0 Å². The molecule has 8 heteroatoms. The van der Waals surface area contributed by atoms with Crippen LogP contribution in [0.5, 0.6) is 0 Å². The Morgan fingerprint density at radius 2 is 1.71 bits per heavy atom. The third kappa shape index (κ3) is 8.63. The van der Waals surface area contributed by atoms with Crippen molar-refractivity contribution >= 4 is 17.9 Å². The number of amides is 3. The van der Waals surface area contributed by atoms with Gasteiger partial charge in [0.15, 0.2) is 0 Å². The van der Waals surface area contributed by atoms with E-state index in [9.17, 15) is 19.5 Å². The minimum Gasteiger partial charge on any atom is -0.444 e. The molecule has 0 aliphatic heterocycles. The first-order chi connectivity index (χ1) is 15.6. The fourth-order valence-electron chi connectivity index (χ4n) is 3.66. The van der Waals surface area contributed by atoms with Crippen molar-refractivity contribution in [3.63, 3.8) is 0 Å². The lowest BCUT2D eigenvalue weighted by molar-refractivity contribution is -0.149. The number of nitrogens with one attached hydrogen (secondary N) is 2. The Morgan fingerprint density at radius 1 is 1.09 bits per heavy atom. The molecule has 0 radical (unpaired) electrons. The highest BCUT2D eigenvalue weighted by molar-refractivity contribution is 5.93. The van der Waals surface area contributed by atoms with Crippen molar-refractivity contribution in [1.29, 1.82) is 0 Å². The zero-order chi connectivity index (χ0) is 26.3. The Balaban J connectivity index is 3.48. The number of aliphatic hydroxyl groups excluding tert-OH is 1. The maximum absolute atomic E-state index is 13.8. The van der Waals surface area contributed by atoms with Crippen molar-refractivity contribution in [2.45, 2.75) is 98.4 Å². The first-order valence-electron chi connectivity index (χ1n) is 11.9. The summed E-state index contributed by atoms with van der Waals surface area (Å²) in [5.74, 6) is -0.880. The summed E-state index contributed by atoms with van der Waals surface area (Å²) in [4.78, 5) is 41.1. The van der Waals surface area contributed by atoms with E-state index in [4.69, 9.17) is 4.74 Å². The molecule has 0 bridgehead atoms. The van der Waals surface area contributed by atoms with Gasteiger partial charge in [-0.3, -0.25) is 9.59 Å². The van der Waals surface area contributed by atoms with Crippen LogP contribution in [0.15, 0.2) is 18.2 Å². The first kappa shape index (κ1) is 29.4. The summed E-state index contributed by atoms with van der Waals surface area (Å²) in [6.45, 7) is 16.3. The van der Waals surface area contributed by atoms with E-state index in [0.717, 1.165) is 24.0 Å². The van der Waals surface area contributed by atoms with E-state index in [1.807, 2.05) is 59.7 Å². The first-order valence-corrected chi connectivity index (χ1v) is 11.9. The Hall–Kier alpha value is -2.61. The predicted molar refractivity (Wildman–Crippen MR) is 133 cm³/mol. The molecular weight excluding hydrogens is 434 g/mol. The molecular formula is C26H43N3O5. The number of hydrogen-bond donors (Lipinski definition) is 3. The maximum Gasteiger partial charge on any atom is 0.408 e. The molecule has 34 heavy (non-hydrogen) atoms. The number of aliphatic hydroxyl groups is 1. The highest BCUT2D eigenvalue weighted by atomic mass is 16.6. The molecule has 1 rings (SSSR count). The summed E-state index contributed by atoms with van der Waals surface area (Å²) in [5, 5.41) is 15.4. The number of rotatable bonds is 9. The summed E-state index contributed by atoms with van der Waals surface area (Å²) >= 11 is 0. The largest absolute Gasteiger partial charge is 0.444 e. The Labute approximate surface area is 204 Å². The lowest BCUT2D eigenvalue weighted by atomic mass is 9.92. The number of aryl methyl sites for hydroxylation is 2. The van der Waals surface area contributed by atoms with Gasteiger partial charge in [0.2, 0.25) is 11.8 Å². The fraction of sp³-hybridized carbons (Fsp3) is 0.654. The Bertz CT molecular complexity index is 855. The molecule has 2 unspecified atom stereocenters. The van der Waals surface area contributed by atoms with Crippen LogP contribution in [0.3, 0.4) is 0 Å². The monoisotopic (exact) mass is 477 g/mol. The quantitative estimate of drug-likeness (QED) is 0.469. The Morgan fingerprint density at radius 3 is 2.18 bits per heavy atom. The van der Waals surface area contributed by atoms with Crippen LogP contribution in [0.25, 0.3) is 0 Å². The second-order valence-electron chi connectivity index (χ2n) is 10.7. The van der Waals surface area contributed by atoms with Gasteiger partial charge in [0, 0.05) is 12.1 Å². The highest BCUT2D eigenvalue weighted by Crippen LogP contribution is 2.32. The van der Waals surface area contributed by atoms with Crippen LogP contribution in [-0.2, 0) is 14.3 Å². The second-order valence-corrected chi connectivity index (χ2v) is 10.7. The SMILES string of the molecule is CCCCNC(=O)C(c1ccc(C)cc1C)N(C(=O)C(CO)NC(=O)OC(C)(C)C)C(C)(C)C. The van der Waals surface area contributed by atoms with Gasteiger partial charge in [-0.15, -0.1) is 0 Å². The van der Waals surface area contributed by atoms with Gasteiger partial charge in [0.05, 0.1) is 6.61 Å². The van der Waals surface area contributed by atoms with E-state index in [0.29, 0.717) is 12.1 Å². The molecule has 1 aromatic rings. The van der Waals surface area contributed by atoms with E-state index in [2.05, 4.69) is 10.6 Å². The van der Waals surface area contributed by atoms with Crippen molar-refractivity contribution in [3.8, 4) is 0 Å². The summed E-state index contributed by atoms with van der Waals surface area (Å²) in [6, 6.07) is 3.51. The molecule has 8 nitrogen and oxygen atoms in total. The lowest BCUT2D eigenvalue weighted by Gasteiger charge is -2.43. The van der Waals surface area contributed by atoms with Crippen molar-refractivity contribution in [2.75, 3.05) is 13.2 Å². The smallest absolute Gasteiger partial charge is 0.408 e. The normalized spacial score (nSPS) is 13.6. The van der Waals surface area contributed by atoms with Crippen LogP contribution in [0.2, 0.25) is 0 Å². The van der Waals surface area contributed by atoms with Gasteiger partial charge in [-0.25, -0.2) is 4.79 Å². The van der Waals surface area contributed by atoms with E-state index in [1.54, 1.807) is 20.8 Å². The highest BCUT2D eigenvalue weighted by Gasteiger charge is 2.42. The molecule has 1 aromatic carbocycles. The average molecular weight is 478 g/mol. The number of carbonyl (C=O) groups excluding carboxylic acids is 3. The van der Waals surface area contributed by atoms with Gasteiger partial charge in [-0.05, 0) is 72.9 Å². The molecule has 0 saturated heterocycles. The predicted octanol–water partition coefficient (Wildman–Crippen LogP) is 3.77. The molecule has 3 amide bonds. The molecule has 0 aromatic heterocycles. The summed E-state index contributed by atoms with van der Waals surface area (Å²) in [5.41, 5.74) is 1.04. The van der Waals surface area contributed by atoms with Crippen molar-refractivity contribution in [1.82, 2.24) is 15.5 Å². The number of alkyl carbamates (subject to hydrolysis) is 1. The Kier molecular flexibility index (Phi) is 10.6. The van der Waals surface area contributed by atoms with E-state index < -0.39 is 41.8 Å². The van der Waals surface area contributed by atoms with Crippen molar-refractivity contribution < 1.29 is 24.2 Å². The molecule has 0 spiro atoms. The number of ether oxygens (including phenoxy) is 1. The van der Waals surface area contributed by atoms with Crippen molar-refractivity contribution in [2.24, 2.45) is 0 Å². The van der Waals surface area contributed by atoms with Crippen molar-refractivity contribution in [3.05, 3.63) is 34.9 Å². The van der Waals surface area contributed by atoms with E-state index in [1.165, 1.54) is 4.90 Å². The summed E-state index contributed by atoms with van der Waals surface area (Å²) in [6.07, 6.45) is 0.918. The van der Waals surface area contributed by atoms with E-state index >= 15 is 0 Å². The van der Waals surface area contributed by atoms with Crippen LogP contribution in [0, 0.1) is 13.8 Å². The molecule has 0 saturated carbocycles. The summed E-state index contributed by atoms with van der Waals surface area (Å²) in [7, 11) is 0. The minimum atomic E-state index is -1.27. The van der Waals surface area contributed by atoms with Crippen LogP contribution in [0.1, 0.15) is 84.0 Å². The number of carbonyl (C=O) groups is 3. The van der Waals surface area contributed by atoms with Gasteiger partial charge in [-0.2, -0.15) is 0 Å². The molecule has 192 valence electrons. The van der Waals surface area contributed by atoms with Gasteiger partial charge >= 0.3 is 6.09 Å². The van der Waals surface area contributed by atoms with Crippen LogP contribution in [0.4, 0.5) is 4.79 Å². The molecule has 3 N–H and O–H groups in total. The third-order valence-electron chi connectivity index (χ3n) is 5.19. The second kappa shape index (κ2) is 12.2. The average Bonchev–Trinajstić information content (AvgIpc) is 2.68. The fourth-order valence-corrected chi connectivity index (χ4v) is 3.66. The third-order valence-corrected chi connectivity index (χ3v) is 5.19. The molecule has 0 heterocycles. The standard InChI is InChI=1S/C26H43N3O5/c1-10-11-14-27-22(31)21(19-13-12-17(2)15-18(19)3)29(25(4,5)6)23(32)20(16-30)28-24(33)34-26(7,8)9/h12-13,15,20-21,30H,10-11,14,16H2,1-9H3,(H,27,31)(H,28,33). The van der Waals surface area contributed by atoms with Crippen LogP contribution in [-0.4, -0.2) is 58.2 Å². The molecule has 0 aliphatic carbocycles. The van der Waals surface area contributed by atoms with Gasteiger partial charge in [0.1, 0.15) is 17.7 Å². The molecule has 0 aliphatic rings. The molecule has 0 fully saturated rings. The van der Waals surface area contributed by atoms with E-state index in [-0.39, 0.29) is 5.91 Å². The minimum absolute atomic E-state index is 0.308. The number of benzene rings is 1. The number of unbranched alkanes of at least 4 members (excludes halogenated alkanes) is 1.